The number of carbonyl (C=O) groups excluding carboxylic acids is 1. The van der Waals surface area contributed by atoms with E-state index in [9.17, 15) is 9.90 Å². The standard InChI is InChI=1S/C14H22N2O2/c1-4-14(3,10-15)13(18)16(5-2)11-7-6-8-12(17)9-11/h6-9,17H,4-5,10,15H2,1-3H3. The van der Waals surface area contributed by atoms with Gasteiger partial charge >= 0.3 is 0 Å². The Morgan fingerprint density at radius 3 is 2.56 bits per heavy atom. The fourth-order valence-electron chi connectivity index (χ4n) is 1.81. The first-order valence-corrected chi connectivity index (χ1v) is 6.29. The van der Waals surface area contributed by atoms with Crippen molar-refractivity contribution in [2.24, 2.45) is 11.1 Å². The zero-order valence-electron chi connectivity index (χ0n) is 11.3. The van der Waals surface area contributed by atoms with E-state index < -0.39 is 5.41 Å². The first-order chi connectivity index (χ1) is 8.48. The number of anilines is 1. The molecule has 0 aromatic heterocycles. The molecule has 100 valence electrons. The molecule has 1 unspecified atom stereocenters. The van der Waals surface area contributed by atoms with Gasteiger partial charge in [0.1, 0.15) is 5.75 Å². The highest BCUT2D eigenvalue weighted by Gasteiger charge is 2.33. The van der Waals surface area contributed by atoms with Gasteiger partial charge < -0.3 is 15.7 Å². The van der Waals surface area contributed by atoms with Crippen LogP contribution in [0.5, 0.6) is 5.75 Å². The molecule has 0 saturated carbocycles. The number of phenolic OH excluding ortho intramolecular Hbond substituents is 1. The minimum Gasteiger partial charge on any atom is -0.508 e. The van der Waals surface area contributed by atoms with E-state index in [4.69, 9.17) is 5.73 Å². The quantitative estimate of drug-likeness (QED) is 0.841. The van der Waals surface area contributed by atoms with E-state index in [1.807, 2.05) is 26.8 Å². The second kappa shape index (κ2) is 5.87. The van der Waals surface area contributed by atoms with Gasteiger partial charge in [-0.2, -0.15) is 0 Å². The Kier molecular flexibility index (Phi) is 4.73. The maximum Gasteiger partial charge on any atom is 0.234 e. The summed E-state index contributed by atoms with van der Waals surface area (Å²) in [7, 11) is 0. The number of hydrogen-bond donors (Lipinski definition) is 2. The summed E-state index contributed by atoms with van der Waals surface area (Å²) in [6, 6.07) is 6.72. The van der Waals surface area contributed by atoms with E-state index in [2.05, 4.69) is 0 Å². The first-order valence-electron chi connectivity index (χ1n) is 6.29. The molecule has 3 N–H and O–H groups in total. The number of phenols is 1. The van der Waals surface area contributed by atoms with Crippen molar-refractivity contribution in [3.8, 4) is 5.75 Å². The van der Waals surface area contributed by atoms with E-state index in [1.54, 1.807) is 23.1 Å². The molecule has 0 aliphatic carbocycles. The van der Waals surface area contributed by atoms with Gasteiger partial charge in [0.25, 0.3) is 0 Å². The highest BCUT2D eigenvalue weighted by Crippen LogP contribution is 2.27. The average molecular weight is 250 g/mol. The van der Waals surface area contributed by atoms with Crippen LogP contribution in [0, 0.1) is 5.41 Å². The Bertz CT molecular complexity index is 414. The molecule has 0 spiro atoms. The lowest BCUT2D eigenvalue weighted by Crippen LogP contribution is -2.46. The van der Waals surface area contributed by atoms with Crippen molar-refractivity contribution in [2.45, 2.75) is 27.2 Å². The monoisotopic (exact) mass is 250 g/mol. The van der Waals surface area contributed by atoms with Crippen molar-refractivity contribution in [1.29, 1.82) is 0 Å². The maximum absolute atomic E-state index is 12.5. The van der Waals surface area contributed by atoms with Gasteiger partial charge in [0.05, 0.1) is 5.41 Å². The highest BCUT2D eigenvalue weighted by atomic mass is 16.3. The molecule has 0 aliphatic rings. The lowest BCUT2D eigenvalue weighted by Gasteiger charge is -2.32. The number of nitrogens with two attached hydrogens (primary N) is 1. The van der Waals surface area contributed by atoms with Crippen LogP contribution in [0.4, 0.5) is 5.69 Å². The second-order valence-corrected chi connectivity index (χ2v) is 4.69. The average Bonchev–Trinajstić information content (AvgIpc) is 2.38. The molecule has 1 atom stereocenters. The van der Waals surface area contributed by atoms with Crippen molar-refractivity contribution in [2.75, 3.05) is 18.0 Å². The molecule has 1 amide bonds. The van der Waals surface area contributed by atoms with Crippen LogP contribution in [-0.2, 0) is 4.79 Å². The van der Waals surface area contributed by atoms with Crippen LogP contribution >= 0.6 is 0 Å². The Balaban J connectivity index is 3.07. The maximum atomic E-state index is 12.5. The van der Waals surface area contributed by atoms with E-state index in [1.165, 1.54) is 0 Å². The van der Waals surface area contributed by atoms with Crippen molar-refractivity contribution in [3.05, 3.63) is 24.3 Å². The van der Waals surface area contributed by atoms with Crippen molar-refractivity contribution in [3.63, 3.8) is 0 Å². The van der Waals surface area contributed by atoms with Gasteiger partial charge in [0, 0.05) is 24.8 Å². The number of amides is 1. The molecule has 0 fully saturated rings. The molecule has 1 rings (SSSR count). The third-order valence-electron chi connectivity index (χ3n) is 3.45. The van der Waals surface area contributed by atoms with Crippen LogP contribution in [0.3, 0.4) is 0 Å². The topological polar surface area (TPSA) is 66.6 Å². The van der Waals surface area contributed by atoms with Gasteiger partial charge in [0.2, 0.25) is 5.91 Å². The summed E-state index contributed by atoms with van der Waals surface area (Å²) in [5.41, 5.74) is 5.87. The number of carbonyl (C=O) groups is 1. The Morgan fingerprint density at radius 2 is 2.11 bits per heavy atom. The predicted molar refractivity (Wildman–Crippen MR) is 73.6 cm³/mol. The fourth-order valence-corrected chi connectivity index (χ4v) is 1.81. The van der Waals surface area contributed by atoms with Crippen LogP contribution in [-0.4, -0.2) is 24.1 Å². The van der Waals surface area contributed by atoms with Crippen LogP contribution in [0.25, 0.3) is 0 Å². The summed E-state index contributed by atoms with van der Waals surface area (Å²) < 4.78 is 0. The molecule has 0 radical (unpaired) electrons. The van der Waals surface area contributed by atoms with Gasteiger partial charge in [-0.15, -0.1) is 0 Å². The Morgan fingerprint density at radius 1 is 1.44 bits per heavy atom. The highest BCUT2D eigenvalue weighted by molar-refractivity contribution is 5.97. The zero-order chi connectivity index (χ0) is 13.8. The van der Waals surface area contributed by atoms with Crippen LogP contribution in [0.2, 0.25) is 0 Å². The summed E-state index contributed by atoms with van der Waals surface area (Å²) in [6.07, 6.45) is 0.692. The first kappa shape index (κ1) is 14.5. The number of benzene rings is 1. The van der Waals surface area contributed by atoms with Gasteiger partial charge in [-0.1, -0.05) is 13.0 Å². The molecule has 1 aromatic rings. The van der Waals surface area contributed by atoms with Crippen LogP contribution in [0.15, 0.2) is 24.3 Å². The molecular formula is C14H22N2O2. The summed E-state index contributed by atoms with van der Waals surface area (Å²) in [5, 5.41) is 9.49. The number of aromatic hydroxyl groups is 1. The number of nitrogens with zero attached hydrogens (tertiary/aromatic N) is 1. The third-order valence-corrected chi connectivity index (χ3v) is 3.45. The van der Waals surface area contributed by atoms with E-state index in [-0.39, 0.29) is 11.7 Å². The molecule has 4 heteroatoms. The smallest absolute Gasteiger partial charge is 0.234 e. The molecule has 0 heterocycles. The second-order valence-electron chi connectivity index (χ2n) is 4.69. The number of hydrogen-bond acceptors (Lipinski definition) is 3. The normalized spacial score (nSPS) is 14.0. The predicted octanol–water partition coefficient (Wildman–Crippen LogP) is 2.12. The summed E-state index contributed by atoms with van der Waals surface area (Å²) in [6.45, 7) is 6.62. The van der Waals surface area contributed by atoms with Gasteiger partial charge in [0.15, 0.2) is 0 Å². The summed E-state index contributed by atoms with van der Waals surface area (Å²) in [5.74, 6) is 0.158. The minimum absolute atomic E-state index is 0.000556. The van der Waals surface area contributed by atoms with Crippen LogP contribution < -0.4 is 10.6 Å². The molecule has 0 bridgehead atoms. The Labute approximate surface area is 108 Å². The molecule has 4 nitrogen and oxygen atoms in total. The molecule has 18 heavy (non-hydrogen) atoms. The van der Waals surface area contributed by atoms with E-state index in [0.29, 0.717) is 25.2 Å². The third kappa shape index (κ3) is 2.82. The van der Waals surface area contributed by atoms with Crippen LogP contribution in [0.1, 0.15) is 27.2 Å². The molecule has 0 saturated heterocycles. The summed E-state index contributed by atoms with van der Waals surface area (Å²) >= 11 is 0. The van der Waals surface area contributed by atoms with Crippen molar-refractivity contribution >= 4 is 11.6 Å². The summed E-state index contributed by atoms with van der Waals surface area (Å²) in [4.78, 5) is 14.2. The lowest BCUT2D eigenvalue weighted by atomic mass is 9.86. The van der Waals surface area contributed by atoms with E-state index >= 15 is 0 Å². The SMILES string of the molecule is CCN(C(=O)C(C)(CC)CN)c1cccc(O)c1. The molecular weight excluding hydrogens is 228 g/mol. The molecule has 0 aliphatic heterocycles. The van der Waals surface area contributed by atoms with Gasteiger partial charge in [-0.05, 0) is 32.4 Å². The van der Waals surface area contributed by atoms with Crippen molar-refractivity contribution < 1.29 is 9.90 Å². The zero-order valence-corrected chi connectivity index (χ0v) is 11.3. The molecule has 1 aromatic carbocycles. The number of rotatable bonds is 5. The van der Waals surface area contributed by atoms with Gasteiger partial charge in [-0.25, -0.2) is 0 Å². The lowest BCUT2D eigenvalue weighted by molar-refractivity contribution is -0.127. The minimum atomic E-state index is -0.554. The Hall–Kier alpha value is -1.55. The van der Waals surface area contributed by atoms with E-state index in [0.717, 1.165) is 0 Å². The van der Waals surface area contributed by atoms with Crippen molar-refractivity contribution in [1.82, 2.24) is 0 Å². The fraction of sp³-hybridized carbons (Fsp3) is 0.500. The largest absolute Gasteiger partial charge is 0.508 e. The van der Waals surface area contributed by atoms with Gasteiger partial charge in [-0.3, -0.25) is 4.79 Å².